The molecule has 1 aromatic heterocycles. The van der Waals surface area contributed by atoms with Crippen LogP contribution in [-0.4, -0.2) is 39.7 Å². The fourth-order valence-electron chi connectivity index (χ4n) is 3.74. The van der Waals surface area contributed by atoms with Crippen LogP contribution in [0.3, 0.4) is 0 Å². The summed E-state index contributed by atoms with van der Waals surface area (Å²) in [5.41, 5.74) is 2.79. The van der Waals surface area contributed by atoms with Gasteiger partial charge in [-0.2, -0.15) is 5.10 Å². The number of hydrogen-bond donors (Lipinski definition) is 2. The van der Waals surface area contributed by atoms with Gasteiger partial charge in [-0.1, -0.05) is 56.3 Å². The first-order valence-corrected chi connectivity index (χ1v) is 11.7. The van der Waals surface area contributed by atoms with Crippen LogP contribution in [0.5, 0.6) is 0 Å². The minimum absolute atomic E-state index is 0.173. The molecular weight excluding hydrogens is 517 g/mol. The quantitative estimate of drug-likeness (QED) is 0.470. The normalized spacial score (nSPS) is 16.2. The first kappa shape index (κ1) is 22.3. The van der Waals surface area contributed by atoms with Crippen LogP contribution >= 0.6 is 22.6 Å². The molecule has 4 rings (SSSR count). The summed E-state index contributed by atoms with van der Waals surface area (Å²) in [4.78, 5) is 27.6. The molecule has 0 spiro atoms. The predicted octanol–water partition coefficient (Wildman–Crippen LogP) is 4.36. The van der Waals surface area contributed by atoms with Crippen molar-refractivity contribution in [3.63, 3.8) is 0 Å². The summed E-state index contributed by atoms with van der Waals surface area (Å²) in [5.74, 6) is 0.672. The minimum atomic E-state index is -0.671. The number of benzene rings is 2. The summed E-state index contributed by atoms with van der Waals surface area (Å²) in [7, 11) is 0. The van der Waals surface area contributed by atoms with E-state index >= 15 is 0 Å². The zero-order valence-corrected chi connectivity index (χ0v) is 20.2. The van der Waals surface area contributed by atoms with Crippen molar-refractivity contribution in [1.82, 2.24) is 20.0 Å². The fourth-order valence-corrected chi connectivity index (χ4v) is 4.10. The number of rotatable bonds is 5. The average Bonchev–Trinajstić information content (AvgIpc) is 3.17. The first-order chi connectivity index (χ1) is 15.4. The third kappa shape index (κ3) is 4.95. The molecule has 7 nitrogen and oxygen atoms in total. The van der Waals surface area contributed by atoms with Crippen molar-refractivity contribution in [3.05, 3.63) is 81.1 Å². The molecule has 1 aliphatic rings. The monoisotopic (exact) mass is 543 g/mol. The van der Waals surface area contributed by atoms with Crippen LogP contribution in [0.25, 0.3) is 0 Å². The molecule has 0 radical (unpaired) electrons. The Kier molecular flexibility index (Phi) is 6.78. The predicted molar refractivity (Wildman–Crippen MR) is 132 cm³/mol. The first-order valence-electron chi connectivity index (χ1n) is 10.6. The molecule has 0 bridgehead atoms. The number of carbonyl (C=O) groups is 2. The zero-order valence-electron chi connectivity index (χ0n) is 18.1. The second-order valence-corrected chi connectivity index (χ2v) is 9.37. The van der Waals surface area contributed by atoms with E-state index in [2.05, 4.69) is 47.1 Å². The molecule has 8 heteroatoms. The van der Waals surface area contributed by atoms with E-state index < -0.39 is 6.04 Å². The highest BCUT2D eigenvalue weighted by atomic mass is 127. The number of nitrogens with zero attached hydrogens (tertiary/aromatic N) is 3. The smallest absolute Gasteiger partial charge is 0.324 e. The summed E-state index contributed by atoms with van der Waals surface area (Å²) in [5, 5.41) is 10.6. The van der Waals surface area contributed by atoms with Gasteiger partial charge in [-0.3, -0.25) is 10.1 Å². The highest BCUT2D eigenvalue weighted by molar-refractivity contribution is 14.1. The molecule has 0 aliphatic carbocycles. The van der Waals surface area contributed by atoms with E-state index in [0.29, 0.717) is 25.5 Å². The highest BCUT2D eigenvalue weighted by Crippen LogP contribution is 2.26. The van der Waals surface area contributed by atoms with Crippen LogP contribution in [0.4, 0.5) is 10.6 Å². The lowest BCUT2D eigenvalue weighted by molar-refractivity contribution is -0.127. The van der Waals surface area contributed by atoms with E-state index in [1.54, 1.807) is 4.90 Å². The fraction of sp³-hybridized carbons (Fsp3) is 0.292. The third-order valence-electron chi connectivity index (χ3n) is 5.46. The summed E-state index contributed by atoms with van der Waals surface area (Å²) in [6.45, 7) is 5.54. The van der Waals surface area contributed by atoms with Gasteiger partial charge in [-0.15, -0.1) is 0 Å². The van der Waals surface area contributed by atoms with Gasteiger partial charge >= 0.3 is 6.03 Å². The lowest BCUT2D eigenvalue weighted by atomic mass is 10.0. The van der Waals surface area contributed by atoms with Gasteiger partial charge in [0.2, 0.25) is 5.91 Å². The van der Waals surface area contributed by atoms with Crippen molar-refractivity contribution in [3.8, 4) is 0 Å². The maximum absolute atomic E-state index is 13.3. The topological polar surface area (TPSA) is 79.3 Å². The molecule has 1 saturated heterocycles. The van der Waals surface area contributed by atoms with Gasteiger partial charge < -0.3 is 10.2 Å². The summed E-state index contributed by atoms with van der Waals surface area (Å²) >= 11 is 2.22. The molecule has 166 valence electrons. The van der Waals surface area contributed by atoms with Gasteiger partial charge in [0.15, 0.2) is 0 Å². The summed E-state index contributed by atoms with van der Waals surface area (Å²) in [6.07, 6.45) is 0. The van der Waals surface area contributed by atoms with Gasteiger partial charge in [-0.25, -0.2) is 9.48 Å². The zero-order chi connectivity index (χ0) is 22.7. The molecule has 32 heavy (non-hydrogen) atoms. The molecule has 3 amide bonds. The van der Waals surface area contributed by atoms with Gasteiger partial charge in [0.05, 0.1) is 12.2 Å². The van der Waals surface area contributed by atoms with Crippen molar-refractivity contribution >= 4 is 40.3 Å². The van der Waals surface area contributed by atoms with Crippen molar-refractivity contribution in [1.29, 1.82) is 0 Å². The van der Waals surface area contributed by atoms with Crippen LogP contribution in [0.1, 0.15) is 42.6 Å². The maximum Gasteiger partial charge on any atom is 0.324 e. The van der Waals surface area contributed by atoms with E-state index in [4.69, 9.17) is 5.10 Å². The Bertz CT molecular complexity index is 1100. The van der Waals surface area contributed by atoms with Crippen molar-refractivity contribution in [2.45, 2.75) is 32.4 Å². The van der Waals surface area contributed by atoms with E-state index in [0.717, 1.165) is 20.4 Å². The molecule has 1 fully saturated rings. The Morgan fingerprint density at radius 1 is 1.19 bits per heavy atom. The van der Waals surface area contributed by atoms with E-state index in [1.165, 1.54) is 0 Å². The van der Waals surface area contributed by atoms with E-state index in [9.17, 15) is 9.59 Å². The number of anilines is 1. The average molecular weight is 543 g/mol. The number of urea groups is 1. The highest BCUT2D eigenvalue weighted by Gasteiger charge is 2.34. The lowest BCUT2D eigenvalue weighted by Gasteiger charge is -2.35. The van der Waals surface area contributed by atoms with Gasteiger partial charge in [0.25, 0.3) is 0 Å². The number of carbonyl (C=O) groups excluding carboxylic acids is 2. The maximum atomic E-state index is 13.3. The van der Waals surface area contributed by atoms with E-state index in [1.807, 2.05) is 65.3 Å². The standard InChI is InChI=1S/C24H26IN5O2/c1-16(2)20-14-21(30(28-20)15-17-6-4-3-5-7-17)27-24(32)29-13-12-26-23(31)22(29)18-8-10-19(25)11-9-18/h3-11,14,16,22H,12-13,15H2,1-2H3,(H,26,31)(H,27,32). The summed E-state index contributed by atoms with van der Waals surface area (Å²) < 4.78 is 2.89. The van der Waals surface area contributed by atoms with Gasteiger partial charge in [0, 0.05) is 22.7 Å². The van der Waals surface area contributed by atoms with Gasteiger partial charge in [0.1, 0.15) is 11.9 Å². The number of aromatic nitrogens is 2. The Hall–Kier alpha value is -2.88. The number of nitrogens with one attached hydrogen (secondary N) is 2. The largest absolute Gasteiger partial charge is 0.352 e. The van der Waals surface area contributed by atoms with Crippen LogP contribution in [-0.2, 0) is 11.3 Å². The molecule has 3 aromatic rings. The Labute approximate surface area is 201 Å². The Morgan fingerprint density at radius 2 is 1.91 bits per heavy atom. The molecule has 0 saturated carbocycles. The number of halogens is 1. The molecule has 1 atom stereocenters. The minimum Gasteiger partial charge on any atom is -0.352 e. The number of piperazine rings is 1. The molecule has 2 aromatic carbocycles. The van der Waals surface area contributed by atoms with Crippen LogP contribution in [0.2, 0.25) is 0 Å². The van der Waals surface area contributed by atoms with Crippen molar-refractivity contribution in [2.75, 3.05) is 18.4 Å². The number of hydrogen-bond acceptors (Lipinski definition) is 3. The van der Waals surface area contributed by atoms with Crippen LogP contribution < -0.4 is 10.6 Å². The summed E-state index contributed by atoms with van der Waals surface area (Å²) in [6, 6.07) is 18.6. The van der Waals surface area contributed by atoms with Crippen molar-refractivity contribution < 1.29 is 9.59 Å². The molecule has 1 aliphatic heterocycles. The second-order valence-electron chi connectivity index (χ2n) is 8.12. The second kappa shape index (κ2) is 9.72. The van der Waals surface area contributed by atoms with Gasteiger partial charge in [-0.05, 0) is 51.8 Å². The SMILES string of the molecule is CC(C)c1cc(NC(=O)N2CCNC(=O)C2c2ccc(I)cc2)n(Cc2ccccc2)n1. The molecule has 1 unspecified atom stereocenters. The van der Waals surface area contributed by atoms with E-state index in [-0.39, 0.29) is 17.9 Å². The lowest BCUT2D eigenvalue weighted by Crippen LogP contribution is -2.53. The van der Waals surface area contributed by atoms with Crippen LogP contribution in [0, 0.1) is 3.57 Å². The Balaban J connectivity index is 1.60. The van der Waals surface area contributed by atoms with Crippen molar-refractivity contribution in [2.24, 2.45) is 0 Å². The number of amides is 3. The molecule has 2 N–H and O–H groups in total. The Morgan fingerprint density at radius 3 is 2.59 bits per heavy atom. The molecule has 2 heterocycles. The van der Waals surface area contributed by atoms with Crippen LogP contribution in [0.15, 0.2) is 60.7 Å². The third-order valence-corrected chi connectivity index (χ3v) is 6.18. The molecular formula is C24H26IN5O2.